The molecule has 2 N–H and O–H groups in total. The van der Waals surface area contributed by atoms with E-state index in [1.165, 1.54) is 63.7 Å². The van der Waals surface area contributed by atoms with Gasteiger partial charge >= 0.3 is 0 Å². The highest BCUT2D eigenvalue weighted by Crippen LogP contribution is 2.17. The van der Waals surface area contributed by atoms with Crippen LogP contribution in [0.4, 0.5) is 0 Å². The van der Waals surface area contributed by atoms with Crippen LogP contribution in [0.2, 0.25) is 0 Å². The summed E-state index contributed by atoms with van der Waals surface area (Å²) in [6.07, 6.45) is 8.89. The Balaban J connectivity index is 0.00000364. The first-order valence-electron chi connectivity index (χ1n) is 10.1. The Morgan fingerprint density at radius 2 is 1.78 bits per heavy atom. The van der Waals surface area contributed by atoms with E-state index in [4.69, 9.17) is 4.74 Å². The summed E-state index contributed by atoms with van der Waals surface area (Å²) in [4.78, 5) is 6.93. The summed E-state index contributed by atoms with van der Waals surface area (Å²) >= 11 is 0. The van der Waals surface area contributed by atoms with Crippen molar-refractivity contribution in [1.82, 2.24) is 15.5 Å². The van der Waals surface area contributed by atoms with Gasteiger partial charge in [-0.25, -0.2) is 0 Å². The molecule has 6 heteroatoms. The third-order valence-electron chi connectivity index (χ3n) is 5.00. The zero-order valence-electron chi connectivity index (χ0n) is 17.0. The summed E-state index contributed by atoms with van der Waals surface area (Å²) in [5, 5.41) is 6.80. The van der Waals surface area contributed by atoms with Crippen molar-refractivity contribution < 1.29 is 4.74 Å². The van der Waals surface area contributed by atoms with E-state index in [9.17, 15) is 0 Å². The summed E-state index contributed by atoms with van der Waals surface area (Å²) in [5.74, 6) is 1.84. The highest BCUT2D eigenvalue weighted by atomic mass is 127. The van der Waals surface area contributed by atoms with Gasteiger partial charge in [-0.2, -0.15) is 0 Å². The Morgan fingerprint density at radius 3 is 2.52 bits per heavy atom. The van der Waals surface area contributed by atoms with Crippen molar-refractivity contribution >= 4 is 29.9 Å². The lowest BCUT2D eigenvalue weighted by Gasteiger charge is -2.26. The van der Waals surface area contributed by atoms with E-state index >= 15 is 0 Å². The van der Waals surface area contributed by atoms with E-state index in [0.29, 0.717) is 0 Å². The predicted octanol–water partition coefficient (Wildman–Crippen LogP) is 3.68. The highest BCUT2D eigenvalue weighted by Gasteiger charge is 2.08. The molecule has 0 atom stereocenters. The summed E-state index contributed by atoms with van der Waals surface area (Å²) < 4.78 is 5.40. The van der Waals surface area contributed by atoms with Gasteiger partial charge < -0.3 is 20.3 Å². The number of methoxy groups -OCH3 is 1. The molecule has 1 aliphatic heterocycles. The maximum absolute atomic E-state index is 5.40. The minimum atomic E-state index is 0. The number of aliphatic imine (C=N–C) groups is 1. The average molecular weight is 488 g/mol. The topological polar surface area (TPSA) is 48.9 Å². The van der Waals surface area contributed by atoms with Crippen LogP contribution < -0.4 is 15.4 Å². The third-order valence-corrected chi connectivity index (χ3v) is 5.00. The van der Waals surface area contributed by atoms with E-state index in [1.54, 1.807) is 7.11 Å². The monoisotopic (exact) mass is 488 g/mol. The second-order valence-electron chi connectivity index (χ2n) is 6.95. The van der Waals surface area contributed by atoms with Gasteiger partial charge in [0.1, 0.15) is 5.75 Å². The van der Waals surface area contributed by atoms with Crippen LogP contribution in [0.25, 0.3) is 0 Å². The van der Waals surface area contributed by atoms with Gasteiger partial charge in [0.15, 0.2) is 5.96 Å². The highest BCUT2D eigenvalue weighted by molar-refractivity contribution is 14.0. The number of likely N-dealkylation sites (tertiary alicyclic amines) is 1. The first kappa shape index (κ1) is 24.0. The van der Waals surface area contributed by atoms with Gasteiger partial charge in [-0.05, 0) is 63.4 Å². The van der Waals surface area contributed by atoms with Gasteiger partial charge in [-0.1, -0.05) is 31.0 Å². The van der Waals surface area contributed by atoms with Crippen molar-refractivity contribution in [2.24, 2.45) is 4.99 Å². The summed E-state index contributed by atoms with van der Waals surface area (Å²) in [6.45, 7) is 5.71. The van der Waals surface area contributed by atoms with Crippen LogP contribution in [-0.2, 0) is 6.42 Å². The molecule has 0 spiro atoms. The number of halogens is 1. The maximum atomic E-state index is 5.40. The number of benzene rings is 1. The normalized spacial score (nSPS) is 15.1. The first-order valence-corrected chi connectivity index (χ1v) is 10.1. The molecule has 0 aromatic heterocycles. The molecule has 0 unspecified atom stereocenters. The molecule has 2 rings (SSSR count). The maximum Gasteiger partial charge on any atom is 0.190 e. The number of rotatable bonds is 10. The summed E-state index contributed by atoms with van der Waals surface area (Å²) in [5.41, 5.74) is 1.22. The number of nitrogens with zero attached hydrogens (tertiary/aromatic N) is 2. The number of hydrogen-bond donors (Lipinski definition) is 2. The number of nitrogens with one attached hydrogen (secondary N) is 2. The Labute approximate surface area is 182 Å². The SMILES string of the molecule is CN=C(NCCCCCN1CCCCC1)NCCc1ccccc1OC.I. The first-order chi connectivity index (χ1) is 12.8. The number of hydrogen-bond acceptors (Lipinski definition) is 3. The summed E-state index contributed by atoms with van der Waals surface area (Å²) in [7, 11) is 3.55. The Morgan fingerprint density at radius 1 is 1.04 bits per heavy atom. The smallest absolute Gasteiger partial charge is 0.190 e. The van der Waals surface area contributed by atoms with Gasteiger partial charge in [0.05, 0.1) is 7.11 Å². The molecule has 0 aliphatic carbocycles. The minimum absolute atomic E-state index is 0. The van der Waals surface area contributed by atoms with Crippen molar-refractivity contribution in [3.63, 3.8) is 0 Å². The van der Waals surface area contributed by atoms with Gasteiger partial charge in [0, 0.05) is 20.1 Å². The standard InChI is InChI=1S/C21H36N4O.HI/c1-22-21(24-15-13-19-11-5-6-12-20(19)26-2)23-14-7-3-8-16-25-17-9-4-10-18-25;/h5-6,11-12H,3-4,7-10,13-18H2,1-2H3,(H2,22,23,24);1H. The van der Waals surface area contributed by atoms with E-state index < -0.39 is 0 Å². The van der Waals surface area contributed by atoms with Crippen molar-refractivity contribution in [1.29, 1.82) is 0 Å². The molecule has 1 saturated heterocycles. The molecule has 1 fully saturated rings. The van der Waals surface area contributed by atoms with Gasteiger partial charge in [0.25, 0.3) is 0 Å². The molecule has 0 saturated carbocycles. The van der Waals surface area contributed by atoms with Crippen molar-refractivity contribution in [3.8, 4) is 5.75 Å². The molecular weight excluding hydrogens is 451 g/mol. The molecule has 0 radical (unpaired) electrons. The molecule has 1 aliphatic rings. The van der Waals surface area contributed by atoms with Gasteiger partial charge in [-0.3, -0.25) is 4.99 Å². The molecule has 27 heavy (non-hydrogen) atoms. The lowest BCUT2D eigenvalue weighted by molar-refractivity contribution is 0.224. The zero-order chi connectivity index (χ0) is 18.5. The Bertz CT molecular complexity index is 533. The fraction of sp³-hybridized carbons (Fsp3) is 0.667. The van der Waals surface area contributed by atoms with Crippen molar-refractivity contribution in [2.75, 3.05) is 46.9 Å². The number of para-hydroxylation sites is 1. The van der Waals surface area contributed by atoms with E-state index in [2.05, 4.69) is 32.7 Å². The van der Waals surface area contributed by atoms with E-state index in [1.807, 2.05) is 19.2 Å². The van der Waals surface area contributed by atoms with Crippen LogP contribution >= 0.6 is 24.0 Å². The summed E-state index contributed by atoms with van der Waals surface area (Å²) in [6, 6.07) is 8.17. The number of piperidine rings is 1. The zero-order valence-corrected chi connectivity index (χ0v) is 19.3. The molecular formula is C21H37IN4O. The molecule has 1 aromatic rings. The third kappa shape index (κ3) is 9.65. The van der Waals surface area contributed by atoms with Crippen LogP contribution in [0.3, 0.4) is 0 Å². The van der Waals surface area contributed by atoms with Crippen LogP contribution in [0.5, 0.6) is 5.75 Å². The molecule has 1 aromatic carbocycles. The fourth-order valence-electron chi connectivity index (χ4n) is 3.47. The minimum Gasteiger partial charge on any atom is -0.496 e. The van der Waals surface area contributed by atoms with E-state index in [-0.39, 0.29) is 24.0 Å². The lowest BCUT2D eigenvalue weighted by atomic mass is 10.1. The number of guanidine groups is 1. The van der Waals surface area contributed by atoms with E-state index in [0.717, 1.165) is 31.2 Å². The lowest BCUT2D eigenvalue weighted by Crippen LogP contribution is -2.38. The Hall–Kier alpha value is -1.02. The van der Waals surface area contributed by atoms with Crippen molar-refractivity contribution in [3.05, 3.63) is 29.8 Å². The second-order valence-corrected chi connectivity index (χ2v) is 6.95. The largest absolute Gasteiger partial charge is 0.496 e. The Kier molecular flexibility index (Phi) is 13.3. The van der Waals surface area contributed by atoms with Gasteiger partial charge in [-0.15, -0.1) is 24.0 Å². The van der Waals surface area contributed by atoms with Crippen LogP contribution in [0.1, 0.15) is 44.1 Å². The van der Waals surface area contributed by atoms with Gasteiger partial charge in [0.2, 0.25) is 0 Å². The molecule has 0 amide bonds. The van der Waals surface area contributed by atoms with Crippen LogP contribution in [0.15, 0.2) is 29.3 Å². The van der Waals surface area contributed by atoms with Crippen LogP contribution in [-0.4, -0.2) is 57.7 Å². The molecule has 5 nitrogen and oxygen atoms in total. The second kappa shape index (κ2) is 15.0. The number of unbranched alkanes of at least 4 members (excludes halogenated alkanes) is 2. The average Bonchev–Trinajstić information content (AvgIpc) is 2.70. The molecule has 0 bridgehead atoms. The number of ether oxygens (including phenoxy) is 1. The molecule has 1 heterocycles. The molecule has 154 valence electrons. The quantitative estimate of drug-likeness (QED) is 0.228. The fourth-order valence-corrected chi connectivity index (χ4v) is 3.47. The predicted molar refractivity (Wildman–Crippen MR) is 126 cm³/mol. The van der Waals surface area contributed by atoms with Crippen molar-refractivity contribution in [2.45, 2.75) is 44.9 Å². The van der Waals surface area contributed by atoms with Crippen LogP contribution in [0, 0.1) is 0 Å².